The van der Waals surface area contributed by atoms with Crippen LogP contribution in [0.5, 0.6) is 0 Å². The van der Waals surface area contributed by atoms with E-state index in [2.05, 4.69) is 22.2 Å². The van der Waals surface area contributed by atoms with E-state index in [-0.39, 0.29) is 0 Å². The predicted octanol–water partition coefficient (Wildman–Crippen LogP) is 0.696. The van der Waals surface area contributed by atoms with Gasteiger partial charge in [-0.15, -0.1) is 0 Å². The Morgan fingerprint density at radius 2 is 2.29 bits per heavy atom. The molecule has 1 aromatic rings. The van der Waals surface area contributed by atoms with Gasteiger partial charge in [-0.1, -0.05) is 6.92 Å². The van der Waals surface area contributed by atoms with Crippen LogP contribution in [-0.4, -0.2) is 62.9 Å². The molecule has 0 saturated carbocycles. The first-order valence-corrected chi connectivity index (χ1v) is 8.90. The topological polar surface area (TPSA) is 68.4 Å². The van der Waals surface area contributed by atoms with Crippen molar-refractivity contribution in [3.05, 3.63) is 18.0 Å². The molecule has 1 saturated heterocycles. The van der Waals surface area contributed by atoms with Crippen LogP contribution in [0.3, 0.4) is 0 Å². The number of rotatable bonds is 7. The van der Waals surface area contributed by atoms with Gasteiger partial charge >= 0.3 is 0 Å². The Labute approximate surface area is 127 Å². The van der Waals surface area contributed by atoms with E-state index in [1.54, 1.807) is 19.3 Å². The van der Waals surface area contributed by atoms with Crippen LogP contribution in [0, 0.1) is 5.92 Å². The smallest absolute Gasteiger partial charge is 0.244 e. The van der Waals surface area contributed by atoms with Crippen LogP contribution < -0.4 is 5.32 Å². The molecule has 2 rings (SSSR count). The Bertz CT molecular complexity index is 555. The van der Waals surface area contributed by atoms with Crippen molar-refractivity contribution in [1.82, 2.24) is 19.5 Å². The van der Waals surface area contributed by atoms with Gasteiger partial charge in [0.15, 0.2) is 0 Å². The van der Waals surface area contributed by atoms with Crippen molar-refractivity contribution < 1.29 is 8.42 Å². The number of aromatic nitrogens is 1. The van der Waals surface area contributed by atoms with Crippen molar-refractivity contribution in [3.63, 3.8) is 0 Å². The van der Waals surface area contributed by atoms with Gasteiger partial charge in [0.1, 0.15) is 0 Å². The molecule has 7 heteroatoms. The summed E-state index contributed by atoms with van der Waals surface area (Å²) in [5.41, 5.74) is 0.893. The minimum atomic E-state index is -3.39. The SMILES string of the molecule is CCNCc1cc(S(=O)(=O)N(C)CC2CCN(C)C2)c[nH]1. The summed E-state index contributed by atoms with van der Waals surface area (Å²) in [6.07, 6.45) is 2.65. The van der Waals surface area contributed by atoms with Gasteiger partial charge in [-0.3, -0.25) is 0 Å². The molecule has 1 fully saturated rings. The number of sulfonamides is 1. The van der Waals surface area contributed by atoms with Crippen molar-refractivity contribution in [2.75, 3.05) is 40.3 Å². The molecular formula is C14H26N4O2S. The van der Waals surface area contributed by atoms with Crippen molar-refractivity contribution in [2.45, 2.75) is 24.8 Å². The number of likely N-dealkylation sites (tertiary alicyclic amines) is 1. The molecule has 2 N–H and O–H groups in total. The normalized spacial score (nSPS) is 20.5. The second-order valence-electron chi connectivity index (χ2n) is 5.84. The summed E-state index contributed by atoms with van der Waals surface area (Å²) in [7, 11) is 0.356. The molecular weight excluding hydrogens is 288 g/mol. The van der Waals surface area contributed by atoms with E-state index in [9.17, 15) is 8.42 Å². The summed E-state index contributed by atoms with van der Waals surface area (Å²) in [4.78, 5) is 5.62. The molecule has 0 bridgehead atoms. The minimum Gasteiger partial charge on any atom is -0.363 e. The Morgan fingerprint density at radius 3 is 2.90 bits per heavy atom. The molecule has 120 valence electrons. The molecule has 1 aliphatic heterocycles. The Morgan fingerprint density at radius 1 is 1.52 bits per heavy atom. The minimum absolute atomic E-state index is 0.351. The third-order valence-electron chi connectivity index (χ3n) is 3.99. The van der Waals surface area contributed by atoms with Crippen LogP contribution in [-0.2, 0) is 16.6 Å². The first-order valence-electron chi connectivity index (χ1n) is 7.46. The molecule has 0 aliphatic carbocycles. The first kappa shape index (κ1) is 16.5. The maximum Gasteiger partial charge on any atom is 0.244 e. The number of nitrogens with zero attached hydrogens (tertiary/aromatic N) is 2. The summed E-state index contributed by atoms with van der Waals surface area (Å²) in [6.45, 7) is 6.14. The summed E-state index contributed by atoms with van der Waals surface area (Å²) in [5.74, 6) is 0.426. The highest BCUT2D eigenvalue weighted by atomic mass is 32.2. The highest BCUT2D eigenvalue weighted by Gasteiger charge is 2.27. The fourth-order valence-corrected chi connectivity index (χ4v) is 4.01. The summed E-state index contributed by atoms with van der Waals surface area (Å²) in [6, 6.07) is 1.72. The van der Waals surface area contributed by atoms with Crippen molar-refractivity contribution in [3.8, 4) is 0 Å². The van der Waals surface area contributed by atoms with Crippen molar-refractivity contribution in [1.29, 1.82) is 0 Å². The van der Waals surface area contributed by atoms with E-state index in [1.165, 1.54) is 4.31 Å². The third-order valence-corrected chi connectivity index (χ3v) is 5.80. The maximum atomic E-state index is 12.6. The Hall–Kier alpha value is -0.890. The van der Waals surface area contributed by atoms with Crippen molar-refractivity contribution in [2.24, 2.45) is 5.92 Å². The zero-order valence-corrected chi connectivity index (χ0v) is 13.9. The van der Waals surface area contributed by atoms with E-state index in [4.69, 9.17) is 0 Å². The van der Waals surface area contributed by atoms with E-state index in [1.807, 2.05) is 6.92 Å². The van der Waals surface area contributed by atoms with Gasteiger partial charge in [0.05, 0.1) is 4.90 Å². The molecule has 1 atom stereocenters. The lowest BCUT2D eigenvalue weighted by Gasteiger charge is -2.20. The largest absolute Gasteiger partial charge is 0.363 e. The molecule has 1 aromatic heterocycles. The van der Waals surface area contributed by atoms with E-state index >= 15 is 0 Å². The summed E-state index contributed by atoms with van der Waals surface area (Å²) >= 11 is 0. The molecule has 0 amide bonds. The van der Waals surface area contributed by atoms with Crippen LogP contribution in [0.25, 0.3) is 0 Å². The van der Waals surface area contributed by atoms with E-state index < -0.39 is 10.0 Å². The fraction of sp³-hybridized carbons (Fsp3) is 0.714. The zero-order chi connectivity index (χ0) is 15.5. The lowest BCUT2D eigenvalue weighted by Crippen LogP contribution is -2.32. The Kier molecular flexibility index (Phi) is 5.43. The van der Waals surface area contributed by atoms with Crippen LogP contribution in [0.1, 0.15) is 19.0 Å². The molecule has 1 aliphatic rings. The highest BCUT2D eigenvalue weighted by molar-refractivity contribution is 7.89. The molecule has 6 nitrogen and oxygen atoms in total. The van der Waals surface area contributed by atoms with Crippen LogP contribution in [0.15, 0.2) is 17.2 Å². The van der Waals surface area contributed by atoms with Crippen molar-refractivity contribution >= 4 is 10.0 Å². The van der Waals surface area contributed by atoms with E-state index in [0.717, 1.165) is 31.7 Å². The van der Waals surface area contributed by atoms with Gasteiger partial charge in [0.2, 0.25) is 10.0 Å². The van der Waals surface area contributed by atoms with Gasteiger partial charge in [0.25, 0.3) is 0 Å². The number of nitrogens with one attached hydrogen (secondary N) is 2. The second kappa shape index (κ2) is 6.91. The van der Waals surface area contributed by atoms with Gasteiger partial charge in [-0.2, -0.15) is 0 Å². The molecule has 2 heterocycles. The quantitative estimate of drug-likeness (QED) is 0.777. The number of hydrogen-bond acceptors (Lipinski definition) is 4. The van der Waals surface area contributed by atoms with E-state index in [0.29, 0.717) is 23.9 Å². The fourth-order valence-electron chi connectivity index (χ4n) is 2.75. The van der Waals surface area contributed by atoms with Crippen LogP contribution in [0.2, 0.25) is 0 Å². The monoisotopic (exact) mass is 314 g/mol. The molecule has 1 unspecified atom stereocenters. The van der Waals surface area contributed by atoms with Gasteiger partial charge in [-0.25, -0.2) is 12.7 Å². The van der Waals surface area contributed by atoms with Crippen LogP contribution in [0.4, 0.5) is 0 Å². The lowest BCUT2D eigenvalue weighted by molar-refractivity contribution is 0.357. The number of hydrogen-bond donors (Lipinski definition) is 2. The van der Waals surface area contributed by atoms with Gasteiger partial charge < -0.3 is 15.2 Å². The molecule has 0 aromatic carbocycles. The highest BCUT2D eigenvalue weighted by Crippen LogP contribution is 2.20. The maximum absolute atomic E-state index is 12.6. The Balaban J connectivity index is 2.01. The standard InChI is InChI=1S/C14H26N4O2S/c1-4-15-8-13-7-14(9-16-13)21(19,20)18(3)11-12-5-6-17(2)10-12/h7,9,12,15-16H,4-6,8,10-11H2,1-3H3. The lowest BCUT2D eigenvalue weighted by atomic mass is 10.1. The zero-order valence-electron chi connectivity index (χ0n) is 13.1. The third kappa shape index (κ3) is 4.06. The number of H-pyrrole nitrogens is 1. The van der Waals surface area contributed by atoms with Crippen LogP contribution >= 0.6 is 0 Å². The summed E-state index contributed by atoms with van der Waals surface area (Å²) in [5, 5.41) is 3.18. The van der Waals surface area contributed by atoms with Gasteiger partial charge in [0, 0.05) is 38.6 Å². The first-order chi connectivity index (χ1) is 9.93. The summed E-state index contributed by atoms with van der Waals surface area (Å²) < 4.78 is 26.6. The molecule has 0 radical (unpaired) electrons. The average molecular weight is 314 g/mol. The molecule has 0 spiro atoms. The number of aromatic amines is 1. The average Bonchev–Trinajstić information content (AvgIpc) is 3.06. The second-order valence-corrected chi connectivity index (χ2v) is 7.89. The predicted molar refractivity (Wildman–Crippen MR) is 83.6 cm³/mol. The molecule has 21 heavy (non-hydrogen) atoms. The van der Waals surface area contributed by atoms with Gasteiger partial charge in [-0.05, 0) is 38.5 Å².